The van der Waals surface area contributed by atoms with Crippen molar-refractivity contribution in [1.82, 2.24) is 15.0 Å². The van der Waals surface area contributed by atoms with Gasteiger partial charge >= 0.3 is 5.97 Å². The number of carbonyl (C=O) groups is 1. The number of hydrogen-bond acceptors (Lipinski definition) is 5. The van der Waals surface area contributed by atoms with Crippen LogP contribution in [0.2, 0.25) is 0 Å². The topological polar surface area (TPSA) is 91.7 Å². The van der Waals surface area contributed by atoms with Gasteiger partial charge in [0, 0.05) is 11.6 Å². The van der Waals surface area contributed by atoms with Crippen LogP contribution in [0.25, 0.3) is 21.9 Å². The Morgan fingerprint density at radius 3 is 2.65 bits per heavy atom. The summed E-state index contributed by atoms with van der Waals surface area (Å²) in [5.41, 5.74) is 2.99. The molecule has 2 aromatic heterocycles. The van der Waals surface area contributed by atoms with Gasteiger partial charge in [-0.3, -0.25) is 4.98 Å². The van der Waals surface area contributed by atoms with E-state index < -0.39 is 11.4 Å². The smallest absolute Gasteiger partial charge is 0.337 e. The molecule has 1 N–H and O–H groups in total. The number of benzene rings is 2. The molecule has 6 nitrogen and oxygen atoms in total. The van der Waals surface area contributed by atoms with Gasteiger partial charge in [-0.1, -0.05) is 0 Å². The van der Waals surface area contributed by atoms with E-state index in [9.17, 15) is 14.4 Å². The Morgan fingerprint density at radius 2 is 1.91 bits per heavy atom. The van der Waals surface area contributed by atoms with Gasteiger partial charge in [-0.15, -0.1) is 0 Å². The molecule has 7 heteroatoms. The molecule has 2 aromatic carbocycles. The summed E-state index contributed by atoms with van der Waals surface area (Å²) in [5, 5.41) is 11.1. The van der Waals surface area contributed by atoms with E-state index in [4.69, 9.17) is 9.72 Å². The molecule has 1 saturated carbocycles. The van der Waals surface area contributed by atoms with E-state index in [-0.39, 0.29) is 11.7 Å². The molecule has 172 valence electrons. The SMILES string of the molecule is COC(=O)c1ccc2nc(C(C)(C#N)[C@H]3CC[C@@H](c4ccnc5ccc(F)cc54)CC3)[nH]c2c1. The van der Waals surface area contributed by atoms with Crippen LogP contribution >= 0.6 is 0 Å². The Kier molecular flexibility index (Phi) is 5.52. The first kappa shape index (κ1) is 22.0. The Labute approximate surface area is 196 Å². The van der Waals surface area contributed by atoms with Gasteiger partial charge in [-0.25, -0.2) is 14.2 Å². The number of pyridine rings is 1. The van der Waals surface area contributed by atoms with Gasteiger partial charge in [0.15, 0.2) is 0 Å². The first-order valence-corrected chi connectivity index (χ1v) is 11.5. The van der Waals surface area contributed by atoms with E-state index in [1.165, 1.54) is 13.2 Å². The number of nitrogens with zero attached hydrogens (tertiary/aromatic N) is 3. The van der Waals surface area contributed by atoms with Crippen LogP contribution in [0.3, 0.4) is 0 Å². The molecular formula is C27H25FN4O2. The third-order valence-corrected chi connectivity index (χ3v) is 7.35. The van der Waals surface area contributed by atoms with Gasteiger partial charge in [0.1, 0.15) is 17.1 Å². The summed E-state index contributed by atoms with van der Waals surface area (Å²) >= 11 is 0. The molecule has 0 saturated heterocycles. The van der Waals surface area contributed by atoms with Crippen molar-refractivity contribution in [3.63, 3.8) is 0 Å². The predicted molar refractivity (Wildman–Crippen MR) is 127 cm³/mol. The van der Waals surface area contributed by atoms with Crippen LogP contribution in [0.1, 0.15) is 60.3 Å². The van der Waals surface area contributed by atoms with Crippen LogP contribution in [0.15, 0.2) is 48.7 Å². The van der Waals surface area contributed by atoms with E-state index in [0.29, 0.717) is 28.3 Å². The normalized spacial score (nSPS) is 20.1. The Balaban J connectivity index is 1.40. The van der Waals surface area contributed by atoms with Crippen LogP contribution in [0, 0.1) is 23.1 Å². The lowest BCUT2D eigenvalue weighted by atomic mass is 9.67. The van der Waals surface area contributed by atoms with E-state index in [1.54, 1.807) is 36.5 Å². The van der Waals surface area contributed by atoms with E-state index in [1.807, 2.05) is 13.0 Å². The monoisotopic (exact) mass is 456 g/mol. The molecule has 4 aromatic rings. The maximum Gasteiger partial charge on any atom is 0.337 e. The number of halogens is 1. The number of methoxy groups -OCH3 is 1. The minimum atomic E-state index is -0.790. The highest BCUT2D eigenvalue weighted by atomic mass is 19.1. The summed E-state index contributed by atoms with van der Waals surface area (Å²) < 4.78 is 18.7. The molecule has 0 amide bonds. The number of carbonyl (C=O) groups excluding carboxylic acids is 1. The number of imidazole rings is 1. The molecule has 34 heavy (non-hydrogen) atoms. The third-order valence-electron chi connectivity index (χ3n) is 7.35. The van der Waals surface area contributed by atoms with E-state index in [0.717, 1.165) is 42.1 Å². The summed E-state index contributed by atoms with van der Waals surface area (Å²) in [6.45, 7) is 1.94. The zero-order valence-electron chi connectivity index (χ0n) is 19.1. The van der Waals surface area contributed by atoms with Gasteiger partial charge in [0.25, 0.3) is 0 Å². The number of rotatable bonds is 4. The van der Waals surface area contributed by atoms with Crippen molar-refractivity contribution in [3.05, 3.63) is 71.4 Å². The maximum atomic E-state index is 13.9. The number of H-pyrrole nitrogens is 1. The Morgan fingerprint density at radius 1 is 1.15 bits per heavy atom. The van der Waals surface area contributed by atoms with Gasteiger partial charge < -0.3 is 9.72 Å². The second kappa shape index (κ2) is 8.53. The zero-order chi connectivity index (χ0) is 23.9. The van der Waals surface area contributed by atoms with Crippen molar-refractivity contribution < 1.29 is 13.9 Å². The second-order valence-electron chi connectivity index (χ2n) is 9.23. The Hall–Kier alpha value is -3.79. The molecule has 1 aliphatic carbocycles. The number of fused-ring (bicyclic) bond motifs is 2. The van der Waals surface area contributed by atoms with Crippen LogP contribution in [0.4, 0.5) is 4.39 Å². The standard InChI is InChI=1S/C27H25FN4O2/c1-27(15-29,26-31-23-9-5-17(25(33)34-2)13-24(23)32-26)18-6-3-16(4-7-18)20-11-12-30-22-10-8-19(28)14-21(20)22/h5,8-14,16,18H,3-4,6-7H2,1-2H3,(H,31,32)/t16-,18+,27?. The lowest BCUT2D eigenvalue weighted by molar-refractivity contribution is 0.0601. The number of aromatic amines is 1. The molecule has 1 unspecified atom stereocenters. The van der Waals surface area contributed by atoms with Gasteiger partial charge in [0.2, 0.25) is 0 Å². The summed E-state index contributed by atoms with van der Waals surface area (Å²) in [5.74, 6) is 0.367. The lowest BCUT2D eigenvalue weighted by Gasteiger charge is -2.36. The second-order valence-corrected chi connectivity index (χ2v) is 9.23. The van der Waals surface area contributed by atoms with Gasteiger partial charge in [0.05, 0.1) is 35.3 Å². The third kappa shape index (κ3) is 3.69. The highest BCUT2D eigenvalue weighted by Crippen LogP contribution is 2.45. The fourth-order valence-electron chi connectivity index (χ4n) is 5.32. The maximum absolute atomic E-state index is 13.9. The summed E-state index contributed by atoms with van der Waals surface area (Å²) in [7, 11) is 1.35. The zero-order valence-corrected chi connectivity index (χ0v) is 19.1. The largest absolute Gasteiger partial charge is 0.465 e. The van der Waals surface area contributed by atoms with Crippen molar-refractivity contribution >= 4 is 27.9 Å². The lowest BCUT2D eigenvalue weighted by Crippen LogP contribution is -2.34. The summed E-state index contributed by atoms with van der Waals surface area (Å²) in [6, 6.07) is 14.4. The number of esters is 1. The van der Waals surface area contributed by atoms with Crippen molar-refractivity contribution in [2.45, 2.75) is 43.9 Å². The minimum absolute atomic E-state index is 0.124. The molecule has 2 heterocycles. The van der Waals surface area contributed by atoms with Crippen molar-refractivity contribution in [2.75, 3.05) is 7.11 Å². The molecule has 0 aliphatic heterocycles. The highest BCUT2D eigenvalue weighted by molar-refractivity contribution is 5.93. The Bertz CT molecular complexity index is 1430. The van der Waals surface area contributed by atoms with E-state index in [2.05, 4.69) is 16.0 Å². The van der Waals surface area contributed by atoms with Crippen LogP contribution in [-0.2, 0) is 10.2 Å². The average Bonchev–Trinajstić information content (AvgIpc) is 3.31. The molecule has 1 atom stereocenters. The molecule has 5 rings (SSSR count). The number of nitrogens with one attached hydrogen (secondary N) is 1. The first-order chi connectivity index (χ1) is 16.4. The summed E-state index contributed by atoms with van der Waals surface area (Å²) in [4.78, 5) is 24.2. The summed E-state index contributed by atoms with van der Waals surface area (Å²) in [6.07, 6.45) is 5.32. The quantitative estimate of drug-likeness (QED) is 0.392. The van der Waals surface area contributed by atoms with Crippen LogP contribution < -0.4 is 0 Å². The highest BCUT2D eigenvalue weighted by Gasteiger charge is 2.41. The first-order valence-electron chi connectivity index (χ1n) is 11.5. The fraction of sp³-hybridized carbons (Fsp3) is 0.333. The van der Waals surface area contributed by atoms with E-state index >= 15 is 0 Å². The minimum Gasteiger partial charge on any atom is -0.465 e. The molecule has 0 bridgehead atoms. The number of nitriles is 1. The molecule has 1 fully saturated rings. The fourth-order valence-corrected chi connectivity index (χ4v) is 5.32. The van der Waals surface area contributed by atoms with Crippen molar-refractivity contribution in [1.29, 1.82) is 5.26 Å². The van der Waals surface area contributed by atoms with Gasteiger partial charge in [-0.2, -0.15) is 5.26 Å². The number of hydrogen-bond donors (Lipinski definition) is 1. The van der Waals surface area contributed by atoms with Crippen molar-refractivity contribution in [3.8, 4) is 6.07 Å². The van der Waals surface area contributed by atoms with Crippen LogP contribution in [0.5, 0.6) is 0 Å². The molecule has 1 aliphatic rings. The average molecular weight is 457 g/mol. The number of aromatic nitrogens is 3. The molecule has 0 radical (unpaired) electrons. The number of ether oxygens (including phenoxy) is 1. The molecular weight excluding hydrogens is 431 g/mol. The van der Waals surface area contributed by atoms with Gasteiger partial charge in [-0.05, 0) is 92.5 Å². The van der Waals surface area contributed by atoms with Crippen molar-refractivity contribution in [2.24, 2.45) is 5.92 Å². The molecule has 0 spiro atoms. The van der Waals surface area contributed by atoms with Crippen LogP contribution in [-0.4, -0.2) is 28.0 Å². The predicted octanol–water partition coefficient (Wildman–Crippen LogP) is 5.79.